The maximum Gasteiger partial charge on any atom is 0.421 e. The molecule has 2 aromatic rings. The van der Waals surface area contributed by atoms with Crippen molar-refractivity contribution in [1.29, 1.82) is 0 Å². The van der Waals surface area contributed by atoms with Crippen LogP contribution in [0.15, 0.2) is 50.5 Å². The molecule has 0 radical (unpaired) electrons. The molecule has 0 aliphatic carbocycles. The Balaban J connectivity index is 1.86. The lowest BCUT2D eigenvalue weighted by molar-refractivity contribution is -0.258. The number of alkyl halides is 3. The van der Waals surface area contributed by atoms with Crippen LogP contribution in [0.4, 0.5) is 13.2 Å². The summed E-state index contributed by atoms with van der Waals surface area (Å²) in [5.41, 5.74) is -3.57. The first-order valence-corrected chi connectivity index (χ1v) is 11.6. The molecule has 0 saturated heterocycles. The molecule has 2 unspecified atom stereocenters. The van der Waals surface area contributed by atoms with Crippen LogP contribution in [-0.2, 0) is 21.9 Å². The zero-order valence-corrected chi connectivity index (χ0v) is 18.1. The highest BCUT2D eigenvalue weighted by molar-refractivity contribution is 7.93. The van der Waals surface area contributed by atoms with Gasteiger partial charge in [-0.2, -0.15) is 13.2 Å². The first kappa shape index (κ1) is 22.9. The molecule has 3 rings (SSSR count). The fourth-order valence-electron chi connectivity index (χ4n) is 2.86. The normalized spacial score (nSPS) is 19.5. The molecule has 0 amide bonds. The van der Waals surface area contributed by atoms with Gasteiger partial charge in [-0.05, 0) is 43.5 Å². The van der Waals surface area contributed by atoms with Gasteiger partial charge in [0.1, 0.15) is 0 Å². The minimum atomic E-state index is -4.90. The zero-order chi connectivity index (χ0) is 22.2. The summed E-state index contributed by atoms with van der Waals surface area (Å²) in [6.07, 6.45) is 2.72. The van der Waals surface area contributed by atoms with Crippen LogP contribution in [0.2, 0.25) is 5.15 Å². The predicted octanol–water partition coefficient (Wildman–Crippen LogP) is 4.73. The minimum absolute atomic E-state index is 0.0401. The largest absolute Gasteiger partial charge is 0.421 e. The Morgan fingerprint density at radius 2 is 1.93 bits per heavy atom. The summed E-state index contributed by atoms with van der Waals surface area (Å²) in [7, 11) is -4.08. The molecular formula is C19H18ClF3N2O3S2. The van der Waals surface area contributed by atoms with Crippen LogP contribution in [0, 0.1) is 0 Å². The van der Waals surface area contributed by atoms with Crippen LogP contribution < -0.4 is 0 Å². The second-order valence-corrected chi connectivity index (χ2v) is 10.5. The zero-order valence-electron chi connectivity index (χ0n) is 15.7. The average Bonchev–Trinajstić information content (AvgIpc) is 2.86. The molecule has 1 aliphatic heterocycles. The summed E-state index contributed by atoms with van der Waals surface area (Å²) in [5.74, 6) is 0. The van der Waals surface area contributed by atoms with Gasteiger partial charge < -0.3 is 5.11 Å². The van der Waals surface area contributed by atoms with Gasteiger partial charge in [-0.3, -0.25) is 4.99 Å². The minimum Gasteiger partial charge on any atom is -0.376 e. The molecule has 1 aliphatic rings. The van der Waals surface area contributed by atoms with E-state index in [9.17, 15) is 26.7 Å². The van der Waals surface area contributed by atoms with Crippen molar-refractivity contribution in [3.8, 4) is 0 Å². The number of aliphatic imine (C=N–C) groups is 1. The molecular weight excluding hydrogens is 461 g/mol. The van der Waals surface area contributed by atoms with Crippen LogP contribution >= 0.6 is 22.9 Å². The van der Waals surface area contributed by atoms with Gasteiger partial charge in [0.15, 0.2) is 15.0 Å². The van der Waals surface area contributed by atoms with Crippen molar-refractivity contribution in [1.82, 2.24) is 4.98 Å². The third-order valence-corrected chi connectivity index (χ3v) is 8.57. The molecule has 0 spiro atoms. The second kappa shape index (κ2) is 8.41. The molecule has 1 aromatic carbocycles. The van der Waals surface area contributed by atoms with Crippen molar-refractivity contribution < 1.29 is 26.7 Å². The highest BCUT2D eigenvalue weighted by Crippen LogP contribution is 2.39. The number of rotatable bonds is 5. The van der Waals surface area contributed by atoms with Gasteiger partial charge in [0.25, 0.3) is 0 Å². The number of aromatic nitrogens is 1. The lowest BCUT2D eigenvalue weighted by atomic mass is 9.96. The Kier molecular flexibility index (Phi) is 6.43. The summed E-state index contributed by atoms with van der Waals surface area (Å²) in [6, 6.07) is 3.86. The van der Waals surface area contributed by atoms with E-state index >= 15 is 0 Å². The van der Waals surface area contributed by atoms with E-state index in [-0.39, 0.29) is 20.3 Å². The number of thiazole rings is 1. The van der Waals surface area contributed by atoms with Gasteiger partial charge in [0.2, 0.25) is 9.84 Å². The van der Waals surface area contributed by atoms with E-state index in [1.807, 2.05) is 12.2 Å². The summed E-state index contributed by atoms with van der Waals surface area (Å²) in [6.45, 7) is 0.606. The quantitative estimate of drug-likeness (QED) is 0.673. The highest BCUT2D eigenvalue weighted by atomic mass is 35.5. The highest BCUT2D eigenvalue weighted by Gasteiger charge is 2.51. The maximum atomic E-state index is 13.0. The standard InChI is InChI=1S/C19H18ClF3N2O3S2/c1-18(26,19(21,22)23)12-6-8-14(9-7-12)30(27,28)17-16(20)25-15(29-17)11-13-5-3-2-4-10-24-13/h2,4,6-10,13,26H,3,5,11H2,1H3. The van der Waals surface area contributed by atoms with E-state index in [0.29, 0.717) is 18.4 Å². The van der Waals surface area contributed by atoms with Gasteiger partial charge in [-0.1, -0.05) is 29.8 Å². The number of nitrogens with zero attached hydrogens (tertiary/aromatic N) is 2. The number of halogens is 4. The van der Waals surface area contributed by atoms with Crippen molar-refractivity contribution in [3.63, 3.8) is 0 Å². The van der Waals surface area contributed by atoms with E-state index in [4.69, 9.17) is 11.6 Å². The van der Waals surface area contributed by atoms with Gasteiger partial charge >= 0.3 is 6.18 Å². The number of hydrogen-bond acceptors (Lipinski definition) is 6. The smallest absolute Gasteiger partial charge is 0.376 e. The van der Waals surface area contributed by atoms with Gasteiger partial charge in [-0.15, -0.1) is 11.3 Å². The van der Waals surface area contributed by atoms with E-state index in [1.165, 1.54) is 0 Å². The van der Waals surface area contributed by atoms with Crippen molar-refractivity contribution in [2.45, 2.75) is 53.1 Å². The molecule has 0 bridgehead atoms. The van der Waals surface area contributed by atoms with Crippen molar-refractivity contribution in [2.24, 2.45) is 4.99 Å². The molecule has 1 N–H and O–H groups in total. The number of aliphatic hydroxyl groups is 1. The van der Waals surface area contributed by atoms with Crippen LogP contribution in [0.1, 0.15) is 30.3 Å². The van der Waals surface area contributed by atoms with E-state index in [2.05, 4.69) is 9.98 Å². The molecule has 2 heterocycles. The SMILES string of the molecule is CC(O)(c1ccc(S(=O)(=O)c2sc(CC3CCC=CC=N3)nc2Cl)cc1)C(F)(F)F. The summed E-state index contributed by atoms with van der Waals surface area (Å²) >= 11 is 6.99. The van der Waals surface area contributed by atoms with E-state index < -0.39 is 27.2 Å². The van der Waals surface area contributed by atoms with Gasteiger partial charge in [-0.25, -0.2) is 13.4 Å². The number of benzene rings is 1. The Morgan fingerprint density at radius 1 is 1.27 bits per heavy atom. The third kappa shape index (κ3) is 4.61. The lowest BCUT2D eigenvalue weighted by Crippen LogP contribution is -2.39. The fourth-order valence-corrected chi connectivity index (χ4v) is 6.18. The third-order valence-electron chi connectivity index (χ3n) is 4.72. The predicted molar refractivity (Wildman–Crippen MR) is 109 cm³/mol. The summed E-state index contributed by atoms with van der Waals surface area (Å²) in [4.78, 5) is 8.28. The summed E-state index contributed by atoms with van der Waals surface area (Å²) < 4.78 is 64.7. The Bertz CT molecular complexity index is 1080. The molecule has 0 fully saturated rings. The monoisotopic (exact) mass is 478 g/mol. The fraction of sp³-hybridized carbons (Fsp3) is 0.368. The van der Waals surface area contributed by atoms with Gasteiger partial charge in [0.05, 0.1) is 15.9 Å². The molecule has 2 atom stereocenters. The number of hydrogen-bond donors (Lipinski definition) is 1. The first-order valence-electron chi connectivity index (χ1n) is 8.91. The van der Waals surface area contributed by atoms with Gasteiger partial charge in [0, 0.05) is 12.6 Å². The maximum absolute atomic E-state index is 13.0. The van der Waals surface area contributed by atoms with E-state index in [0.717, 1.165) is 48.4 Å². The Hall–Kier alpha value is -1.75. The molecule has 30 heavy (non-hydrogen) atoms. The van der Waals surface area contributed by atoms with Crippen LogP contribution in [0.5, 0.6) is 0 Å². The lowest BCUT2D eigenvalue weighted by Gasteiger charge is -2.26. The van der Waals surface area contributed by atoms with Crippen LogP contribution in [-0.4, -0.2) is 36.9 Å². The summed E-state index contributed by atoms with van der Waals surface area (Å²) in [5, 5.41) is 10.1. The average molecular weight is 479 g/mol. The number of allylic oxidation sites excluding steroid dienone is 2. The molecule has 11 heteroatoms. The second-order valence-electron chi connectivity index (χ2n) is 6.95. The van der Waals surface area contributed by atoms with Crippen molar-refractivity contribution in [2.75, 3.05) is 0 Å². The molecule has 1 aromatic heterocycles. The topological polar surface area (TPSA) is 79.6 Å². The Labute approximate surface area is 180 Å². The molecule has 0 saturated carbocycles. The van der Waals surface area contributed by atoms with Crippen LogP contribution in [0.25, 0.3) is 0 Å². The van der Waals surface area contributed by atoms with E-state index in [1.54, 1.807) is 6.21 Å². The molecule has 162 valence electrons. The molecule has 5 nitrogen and oxygen atoms in total. The van der Waals surface area contributed by atoms with Crippen LogP contribution in [0.3, 0.4) is 0 Å². The van der Waals surface area contributed by atoms with Crippen molar-refractivity contribution >= 4 is 39.0 Å². The first-order chi connectivity index (χ1) is 13.9. The van der Waals surface area contributed by atoms with Crippen molar-refractivity contribution in [3.05, 3.63) is 52.1 Å². The Morgan fingerprint density at radius 3 is 2.57 bits per heavy atom. The number of sulfone groups is 1.